The quantitative estimate of drug-likeness (QED) is 0.134. The minimum Gasteiger partial charge on any atom is -0.333 e. The molecule has 12 heteroatoms. The Balaban J connectivity index is 1.41. The number of thioether (sulfide) groups is 1. The van der Waals surface area contributed by atoms with Crippen LogP contribution in [0.4, 0.5) is 17.6 Å². The lowest BCUT2D eigenvalue weighted by atomic mass is 10.00. The van der Waals surface area contributed by atoms with Crippen LogP contribution in [0.25, 0.3) is 11.1 Å². The summed E-state index contributed by atoms with van der Waals surface area (Å²) in [6, 6.07) is 18.0. The zero-order valence-corrected chi connectivity index (χ0v) is 27.3. The molecule has 5 rings (SSSR count). The molecule has 3 aromatic carbocycles. The first kappa shape index (κ1) is 34.3. The largest absolute Gasteiger partial charge is 0.416 e. The van der Waals surface area contributed by atoms with Crippen molar-refractivity contribution in [3.05, 3.63) is 111 Å². The summed E-state index contributed by atoms with van der Waals surface area (Å²) in [4.78, 5) is 35.4. The fraction of sp³-hybridized carbons (Fsp3) is 0.371. The minimum atomic E-state index is -4.40. The molecule has 248 valence electrons. The van der Waals surface area contributed by atoms with Crippen LogP contribution in [-0.2, 0) is 29.7 Å². The van der Waals surface area contributed by atoms with Gasteiger partial charge in [-0.2, -0.15) is 23.3 Å². The molecule has 1 unspecified atom stereocenters. The Morgan fingerprint density at radius 1 is 1.00 bits per heavy atom. The number of halogens is 4. The van der Waals surface area contributed by atoms with E-state index in [0.29, 0.717) is 24.1 Å². The van der Waals surface area contributed by atoms with Crippen molar-refractivity contribution in [3.63, 3.8) is 0 Å². The first-order chi connectivity index (χ1) is 22.4. The fourth-order valence-electron chi connectivity index (χ4n) is 5.64. The van der Waals surface area contributed by atoms with Gasteiger partial charge in [0.1, 0.15) is 17.6 Å². The van der Waals surface area contributed by atoms with Crippen LogP contribution in [0.5, 0.6) is 0 Å². The van der Waals surface area contributed by atoms with Gasteiger partial charge in [-0.15, -0.1) is 0 Å². The molecule has 0 saturated carbocycles. The average molecular weight is 668 g/mol. The SMILES string of the molecule is CCc1nn(C(C)C(=O)N(Cc2ccc(-c3ccc(C(F)(F)F)cc3)cc2)C2CCN(C)CC2)c(SCc2ccccc2F)nc1=O. The first-order valence-corrected chi connectivity index (χ1v) is 16.5. The highest BCUT2D eigenvalue weighted by Crippen LogP contribution is 2.32. The van der Waals surface area contributed by atoms with Crippen molar-refractivity contribution in [3.8, 4) is 11.1 Å². The summed E-state index contributed by atoms with van der Waals surface area (Å²) in [5.41, 5.74) is 1.81. The molecule has 1 aliphatic heterocycles. The molecule has 0 aliphatic carbocycles. The maximum atomic E-state index is 14.4. The number of carbonyl (C=O) groups is 1. The second-order valence-corrected chi connectivity index (χ2v) is 12.7. The molecule has 2 heterocycles. The molecule has 4 aromatic rings. The number of nitrogens with zero attached hydrogens (tertiary/aromatic N) is 5. The number of likely N-dealkylation sites (tertiary alicyclic amines) is 1. The van der Waals surface area contributed by atoms with Crippen molar-refractivity contribution in [2.45, 2.75) is 68.8 Å². The van der Waals surface area contributed by atoms with Gasteiger partial charge in [0.2, 0.25) is 5.91 Å². The summed E-state index contributed by atoms with van der Waals surface area (Å²) in [5.74, 6) is -0.343. The van der Waals surface area contributed by atoms with E-state index in [0.717, 1.165) is 61.0 Å². The molecule has 47 heavy (non-hydrogen) atoms. The first-order valence-electron chi connectivity index (χ1n) is 15.6. The Morgan fingerprint density at radius 2 is 1.62 bits per heavy atom. The Labute approximate surface area is 275 Å². The third-order valence-corrected chi connectivity index (χ3v) is 9.50. The molecule has 0 spiro atoms. The Morgan fingerprint density at radius 3 is 2.21 bits per heavy atom. The number of rotatable bonds is 10. The number of alkyl halides is 3. The lowest BCUT2D eigenvalue weighted by Crippen LogP contribution is -2.48. The molecule has 1 fully saturated rings. The van der Waals surface area contributed by atoms with E-state index in [2.05, 4.69) is 15.0 Å². The highest BCUT2D eigenvalue weighted by Gasteiger charge is 2.33. The van der Waals surface area contributed by atoms with Crippen molar-refractivity contribution >= 4 is 17.7 Å². The number of carbonyl (C=O) groups excluding carboxylic acids is 1. The highest BCUT2D eigenvalue weighted by atomic mass is 32.2. The lowest BCUT2D eigenvalue weighted by molar-refractivity contribution is -0.139. The molecule has 1 aromatic heterocycles. The van der Waals surface area contributed by atoms with Gasteiger partial charge in [-0.1, -0.05) is 73.3 Å². The second-order valence-electron chi connectivity index (χ2n) is 11.8. The third-order valence-electron chi connectivity index (χ3n) is 8.51. The van der Waals surface area contributed by atoms with Crippen LogP contribution in [0.3, 0.4) is 0 Å². The highest BCUT2D eigenvalue weighted by molar-refractivity contribution is 7.98. The number of piperidine rings is 1. The van der Waals surface area contributed by atoms with Crippen molar-refractivity contribution in [2.75, 3.05) is 20.1 Å². The van der Waals surface area contributed by atoms with Gasteiger partial charge in [0.05, 0.1) is 5.56 Å². The van der Waals surface area contributed by atoms with Crippen LogP contribution < -0.4 is 5.56 Å². The van der Waals surface area contributed by atoms with Gasteiger partial charge in [0, 0.05) is 18.3 Å². The average Bonchev–Trinajstić information content (AvgIpc) is 3.06. The van der Waals surface area contributed by atoms with E-state index in [1.165, 1.54) is 22.9 Å². The van der Waals surface area contributed by atoms with Gasteiger partial charge >= 0.3 is 6.18 Å². The number of hydrogen-bond donors (Lipinski definition) is 0. The van der Waals surface area contributed by atoms with E-state index < -0.39 is 23.3 Å². The summed E-state index contributed by atoms with van der Waals surface area (Å²) in [7, 11) is 2.05. The van der Waals surface area contributed by atoms with Crippen LogP contribution in [0.2, 0.25) is 0 Å². The standard InChI is InChI=1S/C35H37F4N5O2S/c1-4-31-32(45)40-34(47-22-27-7-5-6-8-30(27)36)44(41-31)23(2)33(46)43(29-17-19-42(3)20-18-29)21-24-9-11-25(12-10-24)26-13-15-28(16-14-26)35(37,38)39/h5-16,23,29H,4,17-22H2,1-3H3. The molecular formula is C35H37F4N5O2S. The van der Waals surface area contributed by atoms with Gasteiger partial charge in [-0.25, -0.2) is 9.07 Å². The molecule has 0 radical (unpaired) electrons. The summed E-state index contributed by atoms with van der Waals surface area (Å²) in [6.45, 7) is 5.52. The monoisotopic (exact) mass is 667 g/mol. The zero-order chi connectivity index (χ0) is 33.7. The minimum absolute atomic E-state index is 0.0387. The summed E-state index contributed by atoms with van der Waals surface area (Å²) >= 11 is 1.16. The summed E-state index contributed by atoms with van der Waals surface area (Å²) in [5, 5.41) is 4.80. The van der Waals surface area contributed by atoms with Crippen LogP contribution in [0.1, 0.15) is 55.1 Å². The molecular weight excluding hydrogens is 630 g/mol. The van der Waals surface area contributed by atoms with Gasteiger partial charge in [0.15, 0.2) is 5.16 Å². The van der Waals surface area contributed by atoms with Gasteiger partial charge in [-0.3, -0.25) is 9.59 Å². The maximum Gasteiger partial charge on any atom is 0.416 e. The van der Waals surface area contributed by atoms with Crippen molar-refractivity contribution in [1.29, 1.82) is 0 Å². The van der Waals surface area contributed by atoms with E-state index >= 15 is 0 Å². The Hall–Kier alpha value is -4.03. The normalized spacial score (nSPS) is 15.0. The summed E-state index contributed by atoms with van der Waals surface area (Å²) < 4.78 is 55.0. The molecule has 7 nitrogen and oxygen atoms in total. The zero-order valence-electron chi connectivity index (χ0n) is 26.5. The van der Waals surface area contributed by atoms with E-state index in [1.54, 1.807) is 32.0 Å². The third kappa shape index (κ3) is 8.28. The van der Waals surface area contributed by atoms with Crippen LogP contribution in [0, 0.1) is 5.82 Å². The second kappa shape index (κ2) is 14.8. The van der Waals surface area contributed by atoms with E-state index in [9.17, 15) is 27.2 Å². The van der Waals surface area contributed by atoms with E-state index in [-0.39, 0.29) is 34.4 Å². The van der Waals surface area contributed by atoms with E-state index in [1.807, 2.05) is 36.2 Å². The molecule has 1 aliphatic rings. The smallest absolute Gasteiger partial charge is 0.333 e. The van der Waals surface area contributed by atoms with Gasteiger partial charge in [0.25, 0.3) is 5.56 Å². The summed E-state index contributed by atoms with van der Waals surface area (Å²) in [6.07, 6.45) is -2.50. The fourth-order valence-corrected chi connectivity index (χ4v) is 6.64. The number of aromatic nitrogens is 3. The Bertz CT molecular complexity index is 1740. The molecule has 1 saturated heterocycles. The number of amides is 1. The lowest BCUT2D eigenvalue weighted by Gasteiger charge is -2.39. The van der Waals surface area contributed by atoms with Gasteiger partial charge < -0.3 is 9.80 Å². The predicted octanol–water partition coefficient (Wildman–Crippen LogP) is 7.00. The maximum absolute atomic E-state index is 14.4. The van der Waals surface area contributed by atoms with Crippen molar-refractivity contribution in [2.24, 2.45) is 0 Å². The molecule has 0 bridgehead atoms. The Kier molecular flexibility index (Phi) is 10.8. The van der Waals surface area contributed by atoms with Crippen molar-refractivity contribution in [1.82, 2.24) is 24.6 Å². The predicted molar refractivity (Wildman–Crippen MR) is 174 cm³/mol. The topological polar surface area (TPSA) is 71.3 Å². The van der Waals surface area contributed by atoms with E-state index in [4.69, 9.17) is 0 Å². The molecule has 1 atom stereocenters. The van der Waals surface area contributed by atoms with Crippen molar-refractivity contribution < 1.29 is 22.4 Å². The van der Waals surface area contributed by atoms with Crippen LogP contribution >= 0.6 is 11.8 Å². The molecule has 1 amide bonds. The number of benzene rings is 3. The molecule has 0 N–H and O–H groups in total. The van der Waals surface area contributed by atoms with Crippen LogP contribution in [0.15, 0.2) is 82.7 Å². The number of aryl methyl sites for hydroxylation is 1. The van der Waals surface area contributed by atoms with Crippen LogP contribution in [-0.4, -0.2) is 56.7 Å². The number of hydrogen-bond acceptors (Lipinski definition) is 6. The van der Waals surface area contributed by atoms with Gasteiger partial charge in [-0.05, 0) is 86.8 Å².